The van der Waals surface area contributed by atoms with E-state index in [-0.39, 0.29) is 12.5 Å². The van der Waals surface area contributed by atoms with Gasteiger partial charge in [0.1, 0.15) is 5.75 Å². The van der Waals surface area contributed by atoms with Crippen LogP contribution in [0.4, 0.5) is 17.3 Å². The van der Waals surface area contributed by atoms with Crippen LogP contribution in [-0.2, 0) is 11.2 Å². The minimum Gasteiger partial charge on any atom is -0.484 e. The minimum absolute atomic E-state index is 0.0888. The molecule has 0 spiro atoms. The second kappa shape index (κ2) is 8.80. The van der Waals surface area contributed by atoms with Crippen LogP contribution in [0.2, 0.25) is 0 Å². The van der Waals surface area contributed by atoms with Crippen molar-refractivity contribution in [3.8, 4) is 5.75 Å². The van der Waals surface area contributed by atoms with E-state index < -0.39 is 0 Å². The Morgan fingerprint density at radius 2 is 1.59 bits per heavy atom. The SMILES string of the molecule is CCc1ccc(Nc2ccc(NC(=O)COc3ccc(C)cc3)nn2)cc1. The molecule has 0 radical (unpaired) electrons. The molecule has 0 fully saturated rings. The molecular formula is C21H22N4O2. The van der Waals surface area contributed by atoms with Crippen LogP contribution in [0.5, 0.6) is 5.75 Å². The van der Waals surface area contributed by atoms with Gasteiger partial charge in [0.05, 0.1) is 0 Å². The van der Waals surface area contributed by atoms with Crippen molar-refractivity contribution in [3.63, 3.8) is 0 Å². The first-order valence-electron chi connectivity index (χ1n) is 8.81. The minimum atomic E-state index is -0.291. The maximum absolute atomic E-state index is 12.0. The number of aryl methyl sites for hydroxylation is 2. The normalized spacial score (nSPS) is 10.3. The molecule has 0 unspecified atom stereocenters. The Bertz CT molecular complexity index is 876. The lowest BCUT2D eigenvalue weighted by atomic mass is 10.1. The number of aromatic nitrogens is 2. The average Bonchev–Trinajstić information content (AvgIpc) is 2.70. The molecule has 0 atom stereocenters. The fourth-order valence-corrected chi connectivity index (χ4v) is 2.40. The van der Waals surface area contributed by atoms with Crippen LogP contribution < -0.4 is 15.4 Å². The number of nitrogens with zero attached hydrogens (tertiary/aromatic N) is 2. The summed E-state index contributed by atoms with van der Waals surface area (Å²) >= 11 is 0. The summed E-state index contributed by atoms with van der Waals surface area (Å²) in [6.45, 7) is 4.02. The van der Waals surface area contributed by atoms with E-state index in [0.29, 0.717) is 17.4 Å². The Kier molecular flexibility index (Phi) is 5.99. The molecule has 0 bridgehead atoms. The smallest absolute Gasteiger partial charge is 0.263 e. The van der Waals surface area contributed by atoms with Crippen LogP contribution in [0.3, 0.4) is 0 Å². The molecule has 1 aromatic heterocycles. The Morgan fingerprint density at radius 3 is 2.22 bits per heavy atom. The lowest BCUT2D eigenvalue weighted by molar-refractivity contribution is -0.118. The molecule has 0 aliphatic heterocycles. The molecular weight excluding hydrogens is 340 g/mol. The fraction of sp³-hybridized carbons (Fsp3) is 0.190. The molecule has 2 aromatic carbocycles. The topological polar surface area (TPSA) is 76.1 Å². The number of ether oxygens (including phenoxy) is 1. The molecule has 6 nitrogen and oxygen atoms in total. The molecule has 3 aromatic rings. The van der Waals surface area contributed by atoms with Gasteiger partial charge in [-0.15, -0.1) is 10.2 Å². The number of hydrogen-bond donors (Lipinski definition) is 2. The highest BCUT2D eigenvalue weighted by molar-refractivity contribution is 5.90. The third-order valence-electron chi connectivity index (χ3n) is 3.96. The van der Waals surface area contributed by atoms with Crippen molar-refractivity contribution in [1.29, 1.82) is 0 Å². The first-order valence-corrected chi connectivity index (χ1v) is 8.81. The largest absolute Gasteiger partial charge is 0.484 e. The Labute approximate surface area is 158 Å². The standard InChI is InChI=1S/C21H22N4O2/c1-3-16-6-8-17(9-7-16)22-19-12-13-20(25-24-19)23-21(26)14-27-18-10-4-15(2)5-11-18/h4-13H,3,14H2,1-2H3,(H,22,24)(H,23,25,26). The monoisotopic (exact) mass is 362 g/mol. The quantitative estimate of drug-likeness (QED) is 0.661. The molecule has 0 aliphatic carbocycles. The fourth-order valence-electron chi connectivity index (χ4n) is 2.40. The highest BCUT2D eigenvalue weighted by Crippen LogP contribution is 2.16. The van der Waals surface area contributed by atoms with Crippen LogP contribution in [0, 0.1) is 6.92 Å². The van der Waals surface area contributed by atoms with Crippen molar-refractivity contribution in [2.24, 2.45) is 0 Å². The van der Waals surface area contributed by atoms with Gasteiger partial charge in [-0.3, -0.25) is 4.79 Å². The van der Waals surface area contributed by atoms with Gasteiger partial charge in [0.25, 0.3) is 5.91 Å². The van der Waals surface area contributed by atoms with Crippen molar-refractivity contribution in [2.45, 2.75) is 20.3 Å². The number of anilines is 3. The number of carbonyl (C=O) groups is 1. The van der Waals surface area contributed by atoms with Crippen LogP contribution in [-0.4, -0.2) is 22.7 Å². The molecule has 0 saturated carbocycles. The van der Waals surface area contributed by atoms with Gasteiger partial charge in [-0.2, -0.15) is 0 Å². The molecule has 1 amide bonds. The van der Waals surface area contributed by atoms with Crippen molar-refractivity contribution >= 4 is 23.2 Å². The summed E-state index contributed by atoms with van der Waals surface area (Å²) in [5.41, 5.74) is 3.35. The highest BCUT2D eigenvalue weighted by Gasteiger charge is 2.06. The molecule has 27 heavy (non-hydrogen) atoms. The second-order valence-corrected chi connectivity index (χ2v) is 6.13. The van der Waals surface area contributed by atoms with E-state index in [1.54, 1.807) is 12.1 Å². The van der Waals surface area contributed by atoms with Gasteiger partial charge in [-0.05, 0) is 55.3 Å². The van der Waals surface area contributed by atoms with Crippen LogP contribution >= 0.6 is 0 Å². The highest BCUT2D eigenvalue weighted by atomic mass is 16.5. The maximum Gasteiger partial charge on any atom is 0.263 e. The lowest BCUT2D eigenvalue weighted by Crippen LogP contribution is -2.21. The van der Waals surface area contributed by atoms with Crippen molar-refractivity contribution in [3.05, 3.63) is 71.8 Å². The third-order valence-corrected chi connectivity index (χ3v) is 3.96. The first kappa shape index (κ1) is 18.4. The zero-order valence-electron chi connectivity index (χ0n) is 15.4. The predicted octanol–water partition coefficient (Wildman–Crippen LogP) is 4.11. The van der Waals surface area contributed by atoms with Gasteiger partial charge in [-0.25, -0.2) is 0 Å². The summed E-state index contributed by atoms with van der Waals surface area (Å²) in [7, 11) is 0. The Balaban J connectivity index is 1.50. The summed E-state index contributed by atoms with van der Waals surface area (Å²) in [4.78, 5) is 12.0. The Morgan fingerprint density at radius 1 is 0.926 bits per heavy atom. The van der Waals surface area contributed by atoms with E-state index >= 15 is 0 Å². The number of amides is 1. The average molecular weight is 362 g/mol. The first-order chi connectivity index (χ1) is 13.1. The van der Waals surface area contributed by atoms with E-state index in [1.165, 1.54) is 5.56 Å². The van der Waals surface area contributed by atoms with Crippen molar-refractivity contribution in [1.82, 2.24) is 10.2 Å². The summed E-state index contributed by atoms with van der Waals surface area (Å²) in [5, 5.41) is 13.9. The van der Waals surface area contributed by atoms with Gasteiger partial charge in [0.2, 0.25) is 0 Å². The van der Waals surface area contributed by atoms with Crippen LogP contribution in [0.1, 0.15) is 18.1 Å². The van der Waals surface area contributed by atoms with Crippen LogP contribution in [0.15, 0.2) is 60.7 Å². The zero-order chi connectivity index (χ0) is 19.1. The Hall–Kier alpha value is -3.41. The summed E-state index contributed by atoms with van der Waals surface area (Å²) in [6, 6.07) is 19.1. The molecule has 0 saturated heterocycles. The second-order valence-electron chi connectivity index (χ2n) is 6.13. The molecule has 6 heteroatoms. The number of hydrogen-bond acceptors (Lipinski definition) is 5. The van der Waals surface area contributed by atoms with Gasteiger partial charge >= 0.3 is 0 Å². The zero-order valence-corrected chi connectivity index (χ0v) is 15.4. The molecule has 3 rings (SSSR count). The van der Waals surface area contributed by atoms with Gasteiger partial charge in [0.15, 0.2) is 18.2 Å². The molecule has 138 valence electrons. The van der Waals surface area contributed by atoms with Crippen molar-refractivity contribution < 1.29 is 9.53 Å². The molecule has 2 N–H and O–H groups in total. The van der Waals surface area contributed by atoms with E-state index in [0.717, 1.165) is 17.7 Å². The molecule has 1 heterocycles. The van der Waals surface area contributed by atoms with E-state index in [2.05, 4.69) is 39.9 Å². The van der Waals surface area contributed by atoms with Gasteiger partial charge < -0.3 is 15.4 Å². The summed E-state index contributed by atoms with van der Waals surface area (Å²) in [6.07, 6.45) is 1.00. The van der Waals surface area contributed by atoms with Crippen molar-refractivity contribution in [2.75, 3.05) is 17.2 Å². The number of benzene rings is 2. The van der Waals surface area contributed by atoms with Gasteiger partial charge in [-0.1, -0.05) is 36.8 Å². The summed E-state index contributed by atoms with van der Waals surface area (Å²) in [5.74, 6) is 1.34. The number of nitrogens with one attached hydrogen (secondary N) is 2. The summed E-state index contributed by atoms with van der Waals surface area (Å²) < 4.78 is 5.44. The number of rotatable bonds is 7. The van der Waals surface area contributed by atoms with Gasteiger partial charge in [0, 0.05) is 5.69 Å². The molecule has 0 aliphatic rings. The predicted molar refractivity (Wildman–Crippen MR) is 106 cm³/mol. The third kappa shape index (κ3) is 5.54. The van der Waals surface area contributed by atoms with E-state index in [4.69, 9.17) is 4.74 Å². The van der Waals surface area contributed by atoms with Crippen LogP contribution in [0.25, 0.3) is 0 Å². The maximum atomic E-state index is 12.0. The number of carbonyl (C=O) groups excluding carboxylic acids is 1. The van der Waals surface area contributed by atoms with E-state index in [9.17, 15) is 4.79 Å². The lowest BCUT2D eigenvalue weighted by Gasteiger charge is -2.08. The van der Waals surface area contributed by atoms with E-state index in [1.807, 2.05) is 43.3 Å².